The molecule has 3 N–H and O–H groups in total. The molecule has 0 atom stereocenters. The highest BCUT2D eigenvalue weighted by atomic mass is 35.5. The smallest absolute Gasteiger partial charge is 0.238 e. The van der Waals surface area contributed by atoms with Crippen LogP contribution in [-0.2, 0) is 23.2 Å². The van der Waals surface area contributed by atoms with Crippen LogP contribution in [0.3, 0.4) is 0 Å². The molecule has 0 aliphatic rings. The molecule has 0 amide bonds. The highest BCUT2D eigenvalue weighted by Crippen LogP contribution is 2.24. The molecule has 0 unspecified atom stereocenters. The molecule has 0 bridgehead atoms. The van der Waals surface area contributed by atoms with Crippen LogP contribution in [0.4, 0.5) is 5.69 Å². The number of ether oxygens (including phenoxy) is 1. The summed E-state index contributed by atoms with van der Waals surface area (Å²) in [6, 6.07) is 19.3. The molecule has 0 saturated carbocycles. The van der Waals surface area contributed by atoms with E-state index in [2.05, 4.69) is 5.32 Å². The highest BCUT2D eigenvalue weighted by molar-refractivity contribution is 7.89. The number of benzene rings is 3. The zero-order valence-electron chi connectivity index (χ0n) is 14.7. The lowest BCUT2D eigenvalue weighted by molar-refractivity contribution is 0.306. The first-order valence-corrected chi connectivity index (χ1v) is 10.6. The summed E-state index contributed by atoms with van der Waals surface area (Å²) in [6.45, 7) is 0.932. The Morgan fingerprint density at radius 1 is 0.893 bits per heavy atom. The number of anilines is 1. The van der Waals surface area contributed by atoms with Crippen molar-refractivity contribution < 1.29 is 13.2 Å². The van der Waals surface area contributed by atoms with Gasteiger partial charge >= 0.3 is 0 Å². The predicted octanol–water partition coefficient (Wildman–Crippen LogP) is 4.83. The first-order valence-electron chi connectivity index (χ1n) is 8.34. The second-order valence-electron chi connectivity index (χ2n) is 6.11. The standard InChI is InChI=1S/C20H18Cl2N2O3S/c21-19-9-4-15(11-20(19)22)13-27-17-3-1-2-14(10-17)12-24-16-5-7-18(8-6-16)28(23,25)26/h1-11,24H,12-13H2,(H2,23,25,26). The second kappa shape index (κ2) is 8.84. The number of primary sulfonamides is 1. The molecule has 0 heterocycles. The first-order chi connectivity index (χ1) is 13.3. The van der Waals surface area contributed by atoms with E-state index in [0.717, 1.165) is 22.6 Å². The van der Waals surface area contributed by atoms with E-state index in [1.165, 1.54) is 12.1 Å². The van der Waals surface area contributed by atoms with Crippen LogP contribution in [-0.4, -0.2) is 8.42 Å². The molecule has 0 aromatic heterocycles. The van der Waals surface area contributed by atoms with E-state index in [1.54, 1.807) is 24.3 Å². The molecule has 3 aromatic rings. The number of nitrogens with two attached hydrogens (primary N) is 1. The summed E-state index contributed by atoms with van der Waals surface area (Å²) >= 11 is 11.9. The lowest BCUT2D eigenvalue weighted by atomic mass is 10.2. The lowest BCUT2D eigenvalue weighted by Gasteiger charge is -2.10. The Morgan fingerprint density at radius 2 is 1.64 bits per heavy atom. The van der Waals surface area contributed by atoms with Crippen LogP contribution >= 0.6 is 23.2 Å². The molecular formula is C20H18Cl2N2O3S. The molecule has 146 valence electrons. The van der Waals surface area contributed by atoms with Crippen molar-refractivity contribution in [2.75, 3.05) is 5.32 Å². The fourth-order valence-electron chi connectivity index (χ4n) is 2.51. The molecule has 28 heavy (non-hydrogen) atoms. The Balaban J connectivity index is 1.59. The molecule has 5 nitrogen and oxygen atoms in total. The van der Waals surface area contributed by atoms with Crippen molar-refractivity contribution in [2.45, 2.75) is 18.0 Å². The molecule has 0 spiro atoms. The second-order valence-corrected chi connectivity index (χ2v) is 8.48. The summed E-state index contributed by atoms with van der Waals surface area (Å²) in [5, 5.41) is 9.33. The van der Waals surface area contributed by atoms with Gasteiger partial charge in [0.15, 0.2) is 0 Å². The number of hydrogen-bond donors (Lipinski definition) is 2. The van der Waals surface area contributed by atoms with Gasteiger partial charge in [-0.1, -0.05) is 41.4 Å². The molecule has 0 aliphatic carbocycles. The van der Waals surface area contributed by atoms with Gasteiger partial charge in [-0.15, -0.1) is 0 Å². The van der Waals surface area contributed by atoms with Gasteiger partial charge < -0.3 is 10.1 Å². The zero-order valence-corrected chi connectivity index (χ0v) is 17.1. The van der Waals surface area contributed by atoms with Crippen LogP contribution in [0.15, 0.2) is 71.6 Å². The largest absolute Gasteiger partial charge is 0.489 e. The molecule has 3 rings (SSSR count). The molecule has 0 saturated heterocycles. The summed E-state index contributed by atoms with van der Waals surface area (Å²) < 4.78 is 28.4. The number of halogens is 2. The average molecular weight is 437 g/mol. The third-order valence-corrected chi connectivity index (χ3v) is 5.64. The van der Waals surface area contributed by atoms with Gasteiger partial charge in [0, 0.05) is 12.2 Å². The van der Waals surface area contributed by atoms with Gasteiger partial charge in [0.2, 0.25) is 10.0 Å². The van der Waals surface area contributed by atoms with Crippen molar-refractivity contribution in [1.82, 2.24) is 0 Å². The van der Waals surface area contributed by atoms with Crippen LogP contribution in [0.2, 0.25) is 10.0 Å². The average Bonchev–Trinajstić information content (AvgIpc) is 2.67. The summed E-state index contributed by atoms with van der Waals surface area (Å²) in [4.78, 5) is 0.0794. The minimum Gasteiger partial charge on any atom is -0.489 e. The number of nitrogens with one attached hydrogen (secondary N) is 1. The van der Waals surface area contributed by atoms with Crippen molar-refractivity contribution in [1.29, 1.82) is 0 Å². The van der Waals surface area contributed by atoms with Crippen LogP contribution in [0.5, 0.6) is 5.75 Å². The van der Waals surface area contributed by atoms with Crippen LogP contribution in [0.25, 0.3) is 0 Å². The maximum Gasteiger partial charge on any atom is 0.238 e. The quantitative estimate of drug-likeness (QED) is 0.555. The SMILES string of the molecule is NS(=O)(=O)c1ccc(NCc2cccc(OCc3ccc(Cl)c(Cl)c3)c2)cc1. The normalized spacial score (nSPS) is 11.2. The summed E-state index contributed by atoms with van der Waals surface area (Å²) in [5.41, 5.74) is 2.73. The van der Waals surface area contributed by atoms with Gasteiger partial charge in [-0.3, -0.25) is 0 Å². The summed E-state index contributed by atoms with van der Waals surface area (Å²) in [6.07, 6.45) is 0. The zero-order chi connectivity index (χ0) is 20.1. The van der Waals surface area contributed by atoms with Crippen molar-refractivity contribution in [3.63, 3.8) is 0 Å². The lowest BCUT2D eigenvalue weighted by Crippen LogP contribution is -2.12. The Hall–Kier alpha value is -2.25. The third-order valence-electron chi connectivity index (χ3n) is 3.97. The minimum atomic E-state index is -3.69. The van der Waals surface area contributed by atoms with Gasteiger partial charge in [-0.2, -0.15) is 0 Å². The van der Waals surface area contributed by atoms with E-state index in [-0.39, 0.29) is 4.90 Å². The van der Waals surface area contributed by atoms with Gasteiger partial charge in [0.25, 0.3) is 0 Å². The van der Waals surface area contributed by atoms with E-state index in [4.69, 9.17) is 33.1 Å². The Kier molecular flexibility index (Phi) is 6.46. The van der Waals surface area contributed by atoms with Crippen molar-refractivity contribution >= 4 is 38.9 Å². The Labute approximate surface area is 174 Å². The molecule has 0 aliphatic heterocycles. The minimum absolute atomic E-state index is 0.0794. The van der Waals surface area contributed by atoms with Gasteiger partial charge in [-0.05, 0) is 59.7 Å². The topological polar surface area (TPSA) is 81.4 Å². The molecule has 8 heteroatoms. The monoisotopic (exact) mass is 436 g/mol. The molecule has 0 fully saturated rings. The Morgan fingerprint density at radius 3 is 2.32 bits per heavy atom. The first kappa shape index (κ1) is 20.5. The molecular weight excluding hydrogens is 419 g/mol. The van der Waals surface area contributed by atoms with E-state index >= 15 is 0 Å². The fourth-order valence-corrected chi connectivity index (χ4v) is 3.34. The highest BCUT2D eigenvalue weighted by Gasteiger charge is 2.07. The van der Waals surface area contributed by atoms with Crippen LogP contribution in [0, 0.1) is 0 Å². The van der Waals surface area contributed by atoms with Gasteiger partial charge in [0.1, 0.15) is 12.4 Å². The number of sulfonamides is 1. The maximum absolute atomic E-state index is 11.3. The van der Waals surface area contributed by atoms with Crippen molar-refractivity contribution in [3.8, 4) is 5.75 Å². The van der Waals surface area contributed by atoms with E-state index in [0.29, 0.717) is 23.2 Å². The third kappa shape index (κ3) is 5.62. The summed E-state index contributed by atoms with van der Waals surface area (Å²) in [7, 11) is -3.69. The maximum atomic E-state index is 11.3. The van der Waals surface area contributed by atoms with E-state index in [9.17, 15) is 8.42 Å². The van der Waals surface area contributed by atoms with Crippen molar-refractivity contribution in [3.05, 3.63) is 87.9 Å². The van der Waals surface area contributed by atoms with E-state index in [1.807, 2.05) is 30.3 Å². The predicted molar refractivity (Wildman–Crippen MR) is 112 cm³/mol. The molecule has 3 aromatic carbocycles. The van der Waals surface area contributed by atoms with Crippen LogP contribution < -0.4 is 15.2 Å². The van der Waals surface area contributed by atoms with E-state index < -0.39 is 10.0 Å². The van der Waals surface area contributed by atoms with Gasteiger partial charge in [0.05, 0.1) is 14.9 Å². The number of rotatable bonds is 7. The van der Waals surface area contributed by atoms with Gasteiger partial charge in [-0.25, -0.2) is 13.6 Å². The molecule has 0 radical (unpaired) electrons. The fraction of sp³-hybridized carbons (Fsp3) is 0.100. The Bertz CT molecular complexity index is 1070. The summed E-state index contributed by atoms with van der Waals surface area (Å²) in [5.74, 6) is 0.731. The van der Waals surface area contributed by atoms with Crippen LogP contribution in [0.1, 0.15) is 11.1 Å². The van der Waals surface area contributed by atoms with Crippen molar-refractivity contribution in [2.24, 2.45) is 5.14 Å². The number of hydrogen-bond acceptors (Lipinski definition) is 4.